The summed E-state index contributed by atoms with van der Waals surface area (Å²) >= 11 is 0. The maximum absolute atomic E-state index is 14.3. The van der Waals surface area contributed by atoms with E-state index in [-0.39, 0.29) is 22.6 Å². The van der Waals surface area contributed by atoms with Gasteiger partial charge in [0.1, 0.15) is 5.75 Å². The van der Waals surface area contributed by atoms with Gasteiger partial charge in [0.05, 0.1) is 0 Å². The maximum atomic E-state index is 14.3. The first-order valence-electron chi connectivity index (χ1n) is 10.5. The second-order valence-electron chi connectivity index (χ2n) is 8.45. The van der Waals surface area contributed by atoms with Crippen LogP contribution in [0.3, 0.4) is 0 Å². The minimum Gasteiger partial charge on any atom is -0.436 e. The number of halogens is 1. The molecule has 1 aromatic carbocycles. The lowest BCUT2D eigenvalue weighted by Gasteiger charge is -2.52. The molecule has 2 aromatic rings. The number of aromatic nitrogens is 1. The van der Waals surface area contributed by atoms with Crippen molar-refractivity contribution in [3.8, 4) is 11.6 Å². The van der Waals surface area contributed by atoms with Crippen LogP contribution in [0.1, 0.15) is 74.7 Å². The van der Waals surface area contributed by atoms with E-state index >= 15 is 0 Å². The average molecular weight is 381 g/mol. The molecule has 0 aliphatic heterocycles. The van der Waals surface area contributed by atoms with Gasteiger partial charge >= 0.3 is 0 Å². The number of benzene rings is 1. The van der Waals surface area contributed by atoms with Gasteiger partial charge in [-0.3, -0.25) is 4.79 Å². The summed E-state index contributed by atoms with van der Waals surface area (Å²) in [7, 11) is 0. The highest BCUT2D eigenvalue weighted by Crippen LogP contribution is 2.54. The minimum atomic E-state index is -0.614. The van der Waals surface area contributed by atoms with E-state index in [2.05, 4.69) is 24.0 Å². The number of nitrogens with zero attached hydrogens (tertiary/aromatic N) is 1. The van der Waals surface area contributed by atoms with Crippen LogP contribution in [0.5, 0.6) is 11.6 Å². The molecule has 0 amide bonds. The maximum Gasteiger partial charge on any atom is 0.255 e. The first-order valence-corrected chi connectivity index (χ1v) is 10.5. The normalized spacial score (nSPS) is 26.7. The predicted octanol–water partition coefficient (Wildman–Crippen LogP) is 6.46. The van der Waals surface area contributed by atoms with Crippen LogP contribution in [0, 0.1) is 17.7 Å². The van der Waals surface area contributed by atoms with E-state index in [0.717, 1.165) is 11.8 Å². The lowest BCUT2D eigenvalue weighted by molar-refractivity contribution is 0.0666. The Morgan fingerprint density at radius 2 is 1.75 bits per heavy atom. The van der Waals surface area contributed by atoms with Crippen LogP contribution in [-0.2, 0) is 5.41 Å². The number of carbonyl (C=O) groups excluding carboxylic acids is 1. The minimum absolute atomic E-state index is 0.0962. The second-order valence-corrected chi connectivity index (χ2v) is 8.45. The van der Waals surface area contributed by atoms with Crippen molar-refractivity contribution in [1.29, 1.82) is 0 Å². The zero-order valence-corrected chi connectivity index (χ0v) is 16.7. The highest BCUT2D eigenvalue weighted by Gasteiger charge is 2.46. The number of ether oxygens (including phenoxy) is 1. The van der Waals surface area contributed by atoms with Crippen molar-refractivity contribution >= 4 is 5.78 Å². The van der Waals surface area contributed by atoms with Crippen LogP contribution < -0.4 is 4.74 Å². The number of fused-ring (bicyclic) bond motifs is 2. The molecular weight excluding hydrogens is 353 g/mol. The van der Waals surface area contributed by atoms with Crippen molar-refractivity contribution in [3.63, 3.8) is 0 Å². The standard InChI is InChI=1S/C24H28FNO2/c1-3-22(27)16-14-21(25)23(26-15-16)28-20-12-10-19(11-13-20)24(2)17-6-4-7-18(24)9-5-8-17/h10-15,17-18H,3-9H2,1-2H3. The van der Waals surface area contributed by atoms with Gasteiger partial charge in [-0.15, -0.1) is 0 Å². The van der Waals surface area contributed by atoms with Crippen molar-refractivity contribution in [2.45, 2.75) is 64.2 Å². The third-order valence-corrected chi connectivity index (χ3v) is 7.05. The molecule has 0 N–H and O–H groups in total. The molecule has 4 heteroatoms. The van der Waals surface area contributed by atoms with E-state index in [1.165, 1.54) is 56.4 Å². The molecule has 2 saturated carbocycles. The van der Waals surface area contributed by atoms with E-state index in [9.17, 15) is 9.18 Å². The molecule has 0 atom stereocenters. The lowest BCUT2D eigenvalue weighted by atomic mass is 9.53. The van der Waals surface area contributed by atoms with Gasteiger partial charge in [-0.25, -0.2) is 9.37 Å². The Hall–Kier alpha value is -2.23. The van der Waals surface area contributed by atoms with E-state index < -0.39 is 5.82 Å². The summed E-state index contributed by atoms with van der Waals surface area (Å²) in [6, 6.07) is 9.30. The number of carbonyl (C=O) groups is 1. The molecule has 2 fully saturated rings. The molecule has 0 radical (unpaired) electrons. The highest BCUT2D eigenvalue weighted by molar-refractivity contribution is 5.95. The average Bonchev–Trinajstić information content (AvgIpc) is 2.69. The fourth-order valence-corrected chi connectivity index (χ4v) is 5.36. The van der Waals surface area contributed by atoms with Gasteiger partial charge in [-0.1, -0.05) is 38.8 Å². The molecular formula is C24H28FNO2. The number of pyridine rings is 1. The highest BCUT2D eigenvalue weighted by atomic mass is 19.1. The Morgan fingerprint density at radius 3 is 2.29 bits per heavy atom. The van der Waals surface area contributed by atoms with E-state index in [0.29, 0.717) is 12.2 Å². The topological polar surface area (TPSA) is 39.2 Å². The Balaban J connectivity index is 1.53. The summed E-state index contributed by atoms with van der Waals surface area (Å²) in [5, 5.41) is 0. The van der Waals surface area contributed by atoms with Gasteiger partial charge < -0.3 is 4.74 Å². The zero-order valence-electron chi connectivity index (χ0n) is 16.7. The SMILES string of the molecule is CCC(=O)c1cnc(Oc2ccc(C3(C)C4CCCC3CCC4)cc2)c(F)c1. The molecule has 148 valence electrons. The van der Waals surface area contributed by atoms with Crippen molar-refractivity contribution in [1.82, 2.24) is 4.98 Å². The number of Topliss-reactive ketones (excluding diaryl/α,β-unsaturated/α-hetero) is 1. The van der Waals surface area contributed by atoms with Crippen molar-refractivity contribution in [2.24, 2.45) is 11.8 Å². The molecule has 1 aromatic heterocycles. The first-order chi connectivity index (χ1) is 13.5. The van der Waals surface area contributed by atoms with Gasteiger partial charge in [-0.2, -0.15) is 0 Å². The predicted molar refractivity (Wildman–Crippen MR) is 107 cm³/mol. The van der Waals surface area contributed by atoms with Crippen LogP contribution >= 0.6 is 0 Å². The Kier molecular flexibility index (Phi) is 5.22. The molecule has 0 saturated heterocycles. The Labute approximate surface area is 166 Å². The van der Waals surface area contributed by atoms with Crippen molar-refractivity contribution in [2.75, 3.05) is 0 Å². The molecule has 1 heterocycles. The monoisotopic (exact) mass is 381 g/mol. The quantitative estimate of drug-likeness (QED) is 0.558. The fraction of sp³-hybridized carbons (Fsp3) is 0.500. The van der Waals surface area contributed by atoms with Gasteiger partial charge in [0.25, 0.3) is 5.88 Å². The Bertz CT molecular complexity index is 839. The molecule has 3 nitrogen and oxygen atoms in total. The first kappa shape index (κ1) is 19.1. The second kappa shape index (κ2) is 7.65. The van der Waals surface area contributed by atoms with Crippen LogP contribution in [0.25, 0.3) is 0 Å². The summed E-state index contributed by atoms with van der Waals surface area (Å²) in [5.74, 6) is 1.24. The molecule has 2 aliphatic carbocycles. The molecule has 0 unspecified atom stereocenters. The molecule has 2 aliphatic rings. The Morgan fingerprint density at radius 1 is 1.14 bits per heavy atom. The van der Waals surface area contributed by atoms with Gasteiger partial charge in [0.15, 0.2) is 11.6 Å². The molecule has 28 heavy (non-hydrogen) atoms. The van der Waals surface area contributed by atoms with Crippen LogP contribution in [0.4, 0.5) is 4.39 Å². The number of hydrogen-bond donors (Lipinski definition) is 0. The van der Waals surface area contributed by atoms with E-state index in [4.69, 9.17) is 4.74 Å². The van der Waals surface area contributed by atoms with Crippen molar-refractivity contribution < 1.29 is 13.9 Å². The summed E-state index contributed by atoms with van der Waals surface area (Å²) in [4.78, 5) is 15.7. The van der Waals surface area contributed by atoms with Gasteiger partial charge in [-0.05, 0) is 66.7 Å². The smallest absolute Gasteiger partial charge is 0.255 e. The van der Waals surface area contributed by atoms with Crippen molar-refractivity contribution in [3.05, 3.63) is 53.5 Å². The number of ketones is 1. The summed E-state index contributed by atoms with van der Waals surface area (Å²) in [5.41, 5.74) is 1.88. The number of rotatable bonds is 5. The number of hydrogen-bond acceptors (Lipinski definition) is 3. The van der Waals surface area contributed by atoms with E-state index in [1.807, 2.05) is 12.1 Å². The zero-order chi connectivity index (χ0) is 19.7. The van der Waals surface area contributed by atoms with E-state index in [1.54, 1.807) is 6.92 Å². The van der Waals surface area contributed by atoms with Gasteiger partial charge in [0, 0.05) is 18.2 Å². The summed E-state index contributed by atoms with van der Waals surface area (Å²) in [6.07, 6.45) is 9.70. The summed E-state index contributed by atoms with van der Waals surface area (Å²) in [6.45, 7) is 4.17. The van der Waals surface area contributed by atoms with Crippen LogP contribution in [0.15, 0.2) is 36.5 Å². The lowest BCUT2D eigenvalue weighted by Crippen LogP contribution is -2.45. The third kappa shape index (κ3) is 3.34. The fourth-order valence-electron chi connectivity index (χ4n) is 5.36. The molecule has 0 spiro atoms. The molecule has 4 rings (SSSR count). The van der Waals surface area contributed by atoms with Gasteiger partial charge in [0.2, 0.25) is 0 Å². The third-order valence-electron chi connectivity index (χ3n) is 7.05. The molecule has 2 bridgehead atoms. The summed E-state index contributed by atoms with van der Waals surface area (Å²) < 4.78 is 19.9. The van der Waals surface area contributed by atoms with Crippen LogP contribution in [-0.4, -0.2) is 10.8 Å². The largest absolute Gasteiger partial charge is 0.436 e. The van der Waals surface area contributed by atoms with Crippen LogP contribution in [0.2, 0.25) is 0 Å².